The van der Waals surface area contributed by atoms with E-state index in [1.807, 2.05) is 30.3 Å². The van der Waals surface area contributed by atoms with Crippen LogP contribution >= 0.6 is 0 Å². The lowest BCUT2D eigenvalue weighted by Gasteiger charge is -2.05. The molecule has 2 heteroatoms. The Hall–Kier alpha value is -1.70. The van der Waals surface area contributed by atoms with Crippen molar-refractivity contribution in [3.63, 3.8) is 0 Å². The molecule has 0 saturated heterocycles. The topological polar surface area (TPSA) is 52.0 Å². The molecule has 68 valence electrons. The van der Waals surface area contributed by atoms with Crippen LogP contribution in [0.4, 0.5) is 0 Å². The van der Waals surface area contributed by atoms with Crippen molar-refractivity contribution in [1.29, 1.82) is 0 Å². The van der Waals surface area contributed by atoms with Crippen LogP contribution in [0.15, 0.2) is 48.8 Å². The van der Waals surface area contributed by atoms with E-state index in [-0.39, 0.29) is 0 Å². The summed E-state index contributed by atoms with van der Waals surface area (Å²) >= 11 is 0. The molecule has 0 unspecified atom stereocenters. The molecule has 4 N–H and O–H groups in total. The second kappa shape index (κ2) is 4.36. The lowest BCUT2D eigenvalue weighted by Crippen LogP contribution is -1.98. The highest BCUT2D eigenvalue weighted by atomic mass is 14.6. The van der Waals surface area contributed by atoms with Crippen molar-refractivity contribution in [1.82, 2.24) is 0 Å². The monoisotopic (exact) mass is 174 g/mol. The number of benzene rings is 1. The van der Waals surface area contributed by atoms with Gasteiger partial charge in [-0.2, -0.15) is 0 Å². The second-order valence-corrected chi connectivity index (χ2v) is 2.89. The molecule has 0 aliphatic carbocycles. The fourth-order valence-electron chi connectivity index (χ4n) is 1.15. The smallest absolute Gasteiger partial charge is 0.0135 e. The van der Waals surface area contributed by atoms with Crippen LogP contribution in [0.1, 0.15) is 12.0 Å². The van der Waals surface area contributed by atoms with Crippen molar-refractivity contribution in [3.8, 4) is 0 Å². The number of rotatable bonds is 3. The average molecular weight is 174 g/mol. The predicted molar refractivity (Wildman–Crippen MR) is 56.6 cm³/mol. The van der Waals surface area contributed by atoms with Crippen LogP contribution in [0.25, 0.3) is 5.57 Å². The minimum absolute atomic E-state index is 0.626. The van der Waals surface area contributed by atoms with Crippen LogP contribution < -0.4 is 11.5 Å². The van der Waals surface area contributed by atoms with Gasteiger partial charge in [0.2, 0.25) is 0 Å². The number of allylic oxidation sites excluding steroid dienone is 1. The zero-order chi connectivity index (χ0) is 9.68. The first-order chi connectivity index (χ1) is 6.24. The van der Waals surface area contributed by atoms with Crippen molar-refractivity contribution in [3.05, 3.63) is 54.4 Å². The third kappa shape index (κ3) is 2.67. The highest BCUT2D eigenvalue weighted by Crippen LogP contribution is 2.18. The number of nitrogens with two attached hydrogens (primary N) is 2. The van der Waals surface area contributed by atoms with Gasteiger partial charge in [0.25, 0.3) is 0 Å². The van der Waals surface area contributed by atoms with E-state index >= 15 is 0 Å². The quantitative estimate of drug-likeness (QED) is 0.734. The van der Waals surface area contributed by atoms with Gasteiger partial charge in [-0.05, 0) is 17.3 Å². The van der Waals surface area contributed by atoms with Crippen molar-refractivity contribution < 1.29 is 0 Å². The zero-order valence-corrected chi connectivity index (χ0v) is 7.53. The largest absolute Gasteiger partial charge is 0.404 e. The Labute approximate surface area is 78.6 Å². The van der Waals surface area contributed by atoms with E-state index in [1.54, 1.807) is 6.20 Å². The summed E-state index contributed by atoms with van der Waals surface area (Å²) in [5.41, 5.74) is 13.7. The summed E-state index contributed by atoms with van der Waals surface area (Å²) in [7, 11) is 0. The molecule has 2 nitrogen and oxygen atoms in total. The van der Waals surface area contributed by atoms with E-state index in [0.717, 1.165) is 11.1 Å². The third-order valence-corrected chi connectivity index (χ3v) is 1.76. The van der Waals surface area contributed by atoms with E-state index in [4.69, 9.17) is 11.5 Å². The standard InChI is InChI=1S/C11H14N2/c1-9(13)7-11(8-12)10-5-3-2-4-6-10/h2-6,8H,1,7,12-13H2/b11-8-. The van der Waals surface area contributed by atoms with Gasteiger partial charge in [-0.3, -0.25) is 0 Å². The summed E-state index contributed by atoms with van der Waals surface area (Å²) < 4.78 is 0. The highest BCUT2D eigenvalue weighted by Gasteiger charge is 1.99. The van der Waals surface area contributed by atoms with Gasteiger partial charge in [-0.25, -0.2) is 0 Å². The minimum atomic E-state index is 0.626. The number of hydrogen-bond donors (Lipinski definition) is 2. The lowest BCUT2D eigenvalue weighted by atomic mass is 10.0. The fourth-order valence-corrected chi connectivity index (χ4v) is 1.15. The first-order valence-electron chi connectivity index (χ1n) is 4.13. The molecule has 0 aromatic heterocycles. The molecule has 0 aliphatic rings. The fraction of sp³-hybridized carbons (Fsp3) is 0.0909. The van der Waals surface area contributed by atoms with Gasteiger partial charge in [-0.1, -0.05) is 36.9 Å². The Morgan fingerprint density at radius 2 is 1.92 bits per heavy atom. The van der Waals surface area contributed by atoms with Gasteiger partial charge in [0, 0.05) is 12.1 Å². The molecule has 13 heavy (non-hydrogen) atoms. The summed E-state index contributed by atoms with van der Waals surface area (Å²) in [5.74, 6) is 0. The summed E-state index contributed by atoms with van der Waals surface area (Å²) in [5, 5.41) is 0. The Morgan fingerprint density at radius 1 is 1.31 bits per heavy atom. The van der Waals surface area contributed by atoms with Crippen LogP contribution in [0.3, 0.4) is 0 Å². The third-order valence-electron chi connectivity index (χ3n) is 1.76. The Kier molecular flexibility index (Phi) is 3.15. The predicted octanol–water partition coefficient (Wildman–Crippen LogP) is 1.85. The van der Waals surface area contributed by atoms with Crippen molar-refractivity contribution >= 4 is 5.57 Å². The Morgan fingerprint density at radius 3 is 2.38 bits per heavy atom. The molecule has 0 fully saturated rings. The zero-order valence-electron chi connectivity index (χ0n) is 7.53. The first-order valence-corrected chi connectivity index (χ1v) is 4.13. The molecule has 0 saturated carbocycles. The van der Waals surface area contributed by atoms with Gasteiger partial charge in [0.05, 0.1) is 0 Å². The molecular formula is C11H14N2. The van der Waals surface area contributed by atoms with E-state index in [0.29, 0.717) is 12.1 Å². The molecule has 0 radical (unpaired) electrons. The van der Waals surface area contributed by atoms with Crippen molar-refractivity contribution in [2.45, 2.75) is 6.42 Å². The average Bonchev–Trinajstić information content (AvgIpc) is 2.15. The molecule has 0 aliphatic heterocycles. The Balaban J connectivity index is 2.86. The molecule has 1 rings (SSSR count). The summed E-state index contributed by atoms with van der Waals surface area (Å²) in [6.07, 6.45) is 2.20. The van der Waals surface area contributed by atoms with Crippen molar-refractivity contribution in [2.24, 2.45) is 11.5 Å². The van der Waals surface area contributed by atoms with E-state index in [2.05, 4.69) is 6.58 Å². The minimum Gasteiger partial charge on any atom is -0.404 e. The summed E-state index contributed by atoms with van der Waals surface area (Å²) in [6, 6.07) is 9.91. The molecule has 1 aromatic carbocycles. The van der Waals surface area contributed by atoms with Gasteiger partial charge in [-0.15, -0.1) is 0 Å². The van der Waals surface area contributed by atoms with Crippen LogP contribution in [-0.2, 0) is 0 Å². The van der Waals surface area contributed by atoms with Crippen LogP contribution in [-0.4, -0.2) is 0 Å². The van der Waals surface area contributed by atoms with Gasteiger partial charge in [0.15, 0.2) is 0 Å². The molecule has 0 heterocycles. The van der Waals surface area contributed by atoms with E-state index in [9.17, 15) is 0 Å². The lowest BCUT2D eigenvalue weighted by molar-refractivity contribution is 1.19. The molecular weight excluding hydrogens is 160 g/mol. The molecule has 1 aromatic rings. The second-order valence-electron chi connectivity index (χ2n) is 2.89. The van der Waals surface area contributed by atoms with Crippen LogP contribution in [0.5, 0.6) is 0 Å². The van der Waals surface area contributed by atoms with Crippen LogP contribution in [0, 0.1) is 0 Å². The summed E-state index contributed by atoms with van der Waals surface area (Å²) in [4.78, 5) is 0. The normalized spacial score (nSPS) is 11.2. The maximum absolute atomic E-state index is 5.52. The SMILES string of the molecule is C=C(N)C/C(=C/N)c1ccccc1. The highest BCUT2D eigenvalue weighted by molar-refractivity contribution is 5.66. The maximum atomic E-state index is 5.52. The summed E-state index contributed by atoms with van der Waals surface area (Å²) in [6.45, 7) is 3.65. The van der Waals surface area contributed by atoms with Gasteiger partial charge >= 0.3 is 0 Å². The first kappa shape index (κ1) is 9.39. The molecule has 0 bridgehead atoms. The van der Waals surface area contributed by atoms with E-state index < -0.39 is 0 Å². The van der Waals surface area contributed by atoms with Crippen LogP contribution in [0.2, 0.25) is 0 Å². The molecule has 0 spiro atoms. The van der Waals surface area contributed by atoms with Gasteiger partial charge in [0.1, 0.15) is 0 Å². The van der Waals surface area contributed by atoms with E-state index in [1.165, 1.54) is 0 Å². The number of hydrogen-bond acceptors (Lipinski definition) is 2. The van der Waals surface area contributed by atoms with Crippen molar-refractivity contribution in [2.75, 3.05) is 0 Å². The maximum Gasteiger partial charge on any atom is 0.0135 e. The molecule has 0 atom stereocenters. The van der Waals surface area contributed by atoms with Gasteiger partial charge < -0.3 is 11.5 Å². The molecule has 0 amide bonds. The Bertz CT molecular complexity index is 312.